The molecule has 0 radical (unpaired) electrons. The van der Waals surface area contributed by atoms with Crippen LogP contribution in [0, 0.1) is 11.8 Å². The monoisotopic (exact) mass is 284 g/mol. The Balaban J connectivity index is 1.59. The van der Waals surface area contributed by atoms with Gasteiger partial charge in [0.15, 0.2) is 0 Å². The maximum absolute atomic E-state index is 4.13. The van der Waals surface area contributed by atoms with E-state index in [9.17, 15) is 0 Å². The lowest BCUT2D eigenvalue weighted by Crippen LogP contribution is -2.30. The summed E-state index contributed by atoms with van der Waals surface area (Å²) in [6, 6.07) is 9.30. The van der Waals surface area contributed by atoms with Crippen molar-refractivity contribution in [3.63, 3.8) is 0 Å². The highest BCUT2D eigenvalue weighted by Gasteiger charge is 2.23. The zero-order chi connectivity index (χ0) is 14.7. The lowest BCUT2D eigenvalue weighted by Gasteiger charge is -2.32. The normalized spacial score (nSPS) is 25.7. The maximum atomic E-state index is 4.13. The summed E-state index contributed by atoms with van der Waals surface area (Å²) in [6.07, 6.45) is 7.25. The topological polar surface area (TPSA) is 42.7 Å². The molecule has 1 heterocycles. The van der Waals surface area contributed by atoms with Crippen molar-refractivity contribution in [1.29, 1.82) is 0 Å². The van der Waals surface area contributed by atoms with E-state index in [-0.39, 0.29) is 0 Å². The van der Waals surface area contributed by atoms with E-state index in [4.69, 9.17) is 0 Å². The molecule has 0 spiro atoms. The summed E-state index contributed by atoms with van der Waals surface area (Å²) in [6.45, 7) is 5.51. The van der Waals surface area contributed by atoms with Gasteiger partial charge in [-0.1, -0.05) is 26.0 Å². The number of rotatable bonds is 4. The first-order valence-electron chi connectivity index (χ1n) is 7.87. The number of benzene rings is 1. The highest BCUT2D eigenvalue weighted by molar-refractivity contribution is 5.45. The molecule has 0 aliphatic heterocycles. The number of hydrogen-bond donors (Lipinski definition) is 1. The second kappa shape index (κ2) is 6.29. The van der Waals surface area contributed by atoms with Crippen molar-refractivity contribution in [3.8, 4) is 0 Å². The van der Waals surface area contributed by atoms with Crippen LogP contribution >= 0.6 is 0 Å². The van der Waals surface area contributed by atoms with Gasteiger partial charge in [0, 0.05) is 11.7 Å². The van der Waals surface area contributed by atoms with Crippen LogP contribution in [0.4, 0.5) is 5.69 Å². The Bertz CT molecular complexity index is 537. The van der Waals surface area contributed by atoms with Gasteiger partial charge in [-0.2, -0.15) is 5.10 Å². The zero-order valence-corrected chi connectivity index (χ0v) is 12.9. The van der Waals surface area contributed by atoms with Crippen molar-refractivity contribution in [2.24, 2.45) is 11.8 Å². The predicted octanol–water partition coefficient (Wildman–Crippen LogP) is 3.56. The summed E-state index contributed by atoms with van der Waals surface area (Å²) in [5.74, 6) is 1.66. The van der Waals surface area contributed by atoms with Crippen LogP contribution in [-0.4, -0.2) is 20.8 Å². The lowest BCUT2D eigenvalue weighted by atomic mass is 9.80. The summed E-state index contributed by atoms with van der Waals surface area (Å²) in [5, 5.41) is 7.83. The van der Waals surface area contributed by atoms with Gasteiger partial charge in [0.05, 0.1) is 6.54 Å². The maximum Gasteiger partial charge on any atom is 0.137 e. The summed E-state index contributed by atoms with van der Waals surface area (Å²) < 4.78 is 1.84. The van der Waals surface area contributed by atoms with Crippen LogP contribution in [0.25, 0.3) is 0 Å². The van der Waals surface area contributed by atoms with Gasteiger partial charge in [-0.25, -0.2) is 9.67 Å². The molecule has 0 bridgehead atoms. The zero-order valence-electron chi connectivity index (χ0n) is 12.9. The molecule has 1 aromatic carbocycles. The highest BCUT2D eigenvalue weighted by Crippen LogP contribution is 2.30. The second-order valence-electron chi connectivity index (χ2n) is 6.55. The molecular formula is C17H24N4. The van der Waals surface area contributed by atoms with Crippen molar-refractivity contribution in [2.75, 3.05) is 5.32 Å². The van der Waals surface area contributed by atoms with Gasteiger partial charge >= 0.3 is 0 Å². The van der Waals surface area contributed by atoms with Crippen LogP contribution in [0.15, 0.2) is 36.9 Å². The van der Waals surface area contributed by atoms with Gasteiger partial charge in [-0.15, -0.1) is 0 Å². The van der Waals surface area contributed by atoms with Gasteiger partial charge in [0.1, 0.15) is 12.7 Å². The summed E-state index contributed by atoms with van der Waals surface area (Å²) in [4.78, 5) is 3.97. The second-order valence-corrected chi connectivity index (χ2v) is 6.55. The highest BCUT2D eigenvalue weighted by atomic mass is 15.3. The number of aromatic nitrogens is 3. The Morgan fingerprint density at radius 2 is 1.81 bits per heavy atom. The van der Waals surface area contributed by atoms with Crippen LogP contribution in [0.1, 0.15) is 38.7 Å². The third-order valence-corrected chi connectivity index (χ3v) is 4.31. The number of anilines is 1. The molecule has 1 aliphatic carbocycles. The predicted molar refractivity (Wildman–Crippen MR) is 85.2 cm³/mol. The van der Waals surface area contributed by atoms with Crippen molar-refractivity contribution < 1.29 is 0 Å². The first-order valence-corrected chi connectivity index (χ1v) is 7.87. The average Bonchev–Trinajstić information content (AvgIpc) is 2.93. The van der Waals surface area contributed by atoms with Gasteiger partial charge in [-0.3, -0.25) is 0 Å². The molecule has 1 aromatic heterocycles. The van der Waals surface area contributed by atoms with E-state index in [1.807, 2.05) is 4.68 Å². The van der Waals surface area contributed by atoms with Gasteiger partial charge < -0.3 is 5.32 Å². The van der Waals surface area contributed by atoms with Crippen molar-refractivity contribution in [2.45, 2.75) is 45.7 Å². The van der Waals surface area contributed by atoms with E-state index in [2.05, 4.69) is 53.5 Å². The first-order chi connectivity index (χ1) is 10.2. The Kier molecular flexibility index (Phi) is 4.23. The van der Waals surface area contributed by atoms with E-state index in [0.717, 1.165) is 18.4 Å². The van der Waals surface area contributed by atoms with Crippen LogP contribution in [0.3, 0.4) is 0 Å². The Morgan fingerprint density at radius 1 is 1.10 bits per heavy atom. The Morgan fingerprint density at radius 3 is 2.43 bits per heavy atom. The molecule has 2 atom stereocenters. The summed E-state index contributed by atoms with van der Waals surface area (Å²) >= 11 is 0. The first kappa shape index (κ1) is 14.1. The van der Waals surface area contributed by atoms with Gasteiger partial charge in [0.2, 0.25) is 0 Å². The molecule has 1 aliphatic rings. The Labute approximate surface area is 126 Å². The fourth-order valence-corrected chi connectivity index (χ4v) is 3.51. The van der Waals surface area contributed by atoms with Crippen LogP contribution in [0.2, 0.25) is 0 Å². The van der Waals surface area contributed by atoms with E-state index in [1.165, 1.54) is 30.5 Å². The minimum Gasteiger partial charge on any atom is -0.382 e. The molecule has 1 N–H and O–H groups in total. The van der Waals surface area contributed by atoms with E-state index >= 15 is 0 Å². The molecule has 4 nitrogen and oxygen atoms in total. The van der Waals surface area contributed by atoms with E-state index in [1.54, 1.807) is 12.7 Å². The summed E-state index contributed by atoms with van der Waals surface area (Å²) in [5.41, 5.74) is 2.47. The molecule has 0 amide bonds. The fourth-order valence-electron chi connectivity index (χ4n) is 3.51. The summed E-state index contributed by atoms with van der Waals surface area (Å²) in [7, 11) is 0. The molecule has 21 heavy (non-hydrogen) atoms. The van der Waals surface area contributed by atoms with Crippen LogP contribution in [-0.2, 0) is 6.54 Å². The third kappa shape index (κ3) is 3.84. The SMILES string of the molecule is CC1CC(C)CC(Nc2ccc(Cn3cncn3)cc2)C1. The fraction of sp³-hybridized carbons (Fsp3) is 0.529. The smallest absolute Gasteiger partial charge is 0.137 e. The molecule has 1 fully saturated rings. The molecule has 2 unspecified atom stereocenters. The van der Waals surface area contributed by atoms with E-state index in [0.29, 0.717) is 6.04 Å². The molecule has 2 aromatic rings. The van der Waals surface area contributed by atoms with E-state index < -0.39 is 0 Å². The molecule has 3 rings (SSSR count). The minimum absolute atomic E-state index is 0.616. The van der Waals surface area contributed by atoms with Crippen LogP contribution < -0.4 is 5.32 Å². The number of nitrogens with zero attached hydrogens (tertiary/aromatic N) is 3. The minimum atomic E-state index is 0.616. The van der Waals surface area contributed by atoms with Crippen LogP contribution in [0.5, 0.6) is 0 Å². The van der Waals surface area contributed by atoms with Gasteiger partial charge in [0.25, 0.3) is 0 Å². The molecular weight excluding hydrogens is 260 g/mol. The van der Waals surface area contributed by atoms with Gasteiger partial charge in [-0.05, 0) is 48.8 Å². The number of nitrogens with one attached hydrogen (secondary N) is 1. The average molecular weight is 284 g/mol. The molecule has 1 saturated carbocycles. The Hall–Kier alpha value is -1.84. The number of hydrogen-bond acceptors (Lipinski definition) is 3. The molecule has 0 saturated heterocycles. The molecule has 112 valence electrons. The lowest BCUT2D eigenvalue weighted by molar-refractivity contribution is 0.281. The third-order valence-electron chi connectivity index (χ3n) is 4.31. The largest absolute Gasteiger partial charge is 0.382 e. The molecule has 4 heteroatoms. The standard InChI is InChI=1S/C17H24N4/c1-13-7-14(2)9-17(8-13)20-16-5-3-15(4-6-16)10-21-12-18-11-19-21/h3-6,11-14,17,20H,7-10H2,1-2H3. The van der Waals surface area contributed by atoms with Crippen molar-refractivity contribution >= 4 is 5.69 Å². The van der Waals surface area contributed by atoms with Crippen molar-refractivity contribution in [3.05, 3.63) is 42.5 Å². The van der Waals surface area contributed by atoms with Crippen molar-refractivity contribution in [1.82, 2.24) is 14.8 Å². The quantitative estimate of drug-likeness (QED) is 0.933.